The number of carbonyl (C=O) groups is 1. The second-order valence-electron chi connectivity index (χ2n) is 4.83. The van der Waals surface area contributed by atoms with E-state index < -0.39 is 0 Å². The predicted molar refractivity (Wildman–Crippen MR) is 83.1 cm³/mol. The van der Waals surface area contributed by atoms with E-state index >= 15 is 0 Å². The molecule has 0 aliphatic carbocycles. The minimum atomic E-state index is -0.179. The molecule has 110 valence electrons. The van der Waals surface area contributed by atoms with Gasteiger partial charge < -0.3 is 10.6 Å². The molecule has 2 N–H and O–H groups in total. The lowest BCUT2D eigenvalue weighted by Gasteiger charge is -2.13. The summed E-state index contributed by atoms with van der Waals surface area (Å²) in [4.78, 5) is 20.3. The zero-order valence-corrected chi connectivity index (χ0v) is 12.3. The number of carbonyl (C=O) groups excluding carboxylic acids is 1. The molecule has 21 heavy (non-hydrogen) atoms. The van der Waals surface area contributed by atoms with Gasteiger partial charge in [-0.2, -0.15) is 0 Å². The molecule has 0 aliphatic heterocycles. The molecular weight excluding hydrogens is 264 g/mol. The Labute approximate surface area is 124 Å². The van der Waals surface area contributed by atoms with Crippen molar-refractivity contribution in [2.45, 2.75) is 26.3 Å². The van der Waals surface area contributed by atoms with Crippen LogP contribution in [0.2, 0.25) is 0 Å². The fraction of sp³-hybridized carbons (Fsp3) is 0.312. The minimum Gasteiger partial charge on any atom is -0.384 e. The molecule has 0 spiro atoms. The number of aromatic nitrogens is 2. The summed E-state index contributed by atoms with van der Waals surface area (Å²) in [7, 11) is 0. The van der Waals surface area contributed by atoms with E-state index in [1.165, 1.54) is 0 Å². The highest BCUT2D eigenvalue weighted by Gasteiger charge is 2.12. The van der Waals surface area contributed by atoms with Crippen molar-refractivity contribution in [2.75, 3.05) is 11.9 Å². The Bertz CT molecular complexity index is 569. The zero-order valence-electron chi connectivity index (χ0n) is 12.3. The lowest BCUT2D eigenvalue weighted by Crippen LogP contribution is -2.27. The summed E-state index contributed by atoms with van der Waals surface area (Å²) in [6, 6.07) is 7.29. The van der Waals surface area contributed by atoms with Gasteiger partial charge in [0.15, 0.2) is 0 Å². The Balaban J connectivity index is 1.97. The van der Waals surface area contributed by atoms with Crippen LogP contribution in [-0.4, -0.2) is 22.4 Å². The summed E-state index contributed by atoms with van der Waals surface area (Å²) in [5.74, 6) is -0.179. The number of nitrogens with zero attached hydrogens (tertiary/aromatic N) is 2. The van der Waals surface area contributed by atoms with E-state index in [9.17, 15) is 4.79 Å². The fourth-order valence-corrected chi connectivity index (χ4v) is 1.91. The van der Waals surface area contributed by atoms with E-state index in [0.717, 1.165) is 24.2 Å². The van der Waals surface area contributed by atoms with Crippen LogP contribution in [0.3, 0.4) is 0 Å². The highest BCUT2D eigenvalue weighted by molar-refractivity contribution is 5.92. The van der Waals surface area contributed by atoms with Crippen LogP contribution in [0.5, 0.6) is 0 Å². The number of anilines is 1. The number of amides is 1. The molecule has 0 aromatic carbocycles. The standard InChI is InChI=1S/C16H20N4O/c1-3-8-18-14-4-5-15(19-11-14)16(21)20-12(2)13-6-9-17-10-7-13/h4-7,9-12,18H,3,8H2,1-2H3,(H,20,21). The van der Waals surface area contributed by atoms with Crippen molar-refractivity contribution in [3.05, 3.63) is 54.1 Å². The van der Waals surface area contributed by atoms with Crippen LogP contribution >= 0.6 is 0 Å². The van der Waals surface area contributed by atoms with Gasteiger partial charge in [0.25, 0.3) is 5.91 Å². The topological polar surface area (TPSA) is 66.9 Å². The van der Waals surface area contributed by atoms with Gasteiger partial charge in [0, 0.05) is 18.9 Å². The van der Waals surface area contributed by atoms with Gasteiger partial charge in [-0.3, -0.25) is 9.78 Å². The molecule has 1 unspecified atom stereocenters. The molecule has 0 saturated heterocycles. The fourth-order valence-electron chi connectivity index (χ4n) is 1.91. The number of pyridine rings is 2. The highest BCUT2D eigenvalue weighted by atomic mass is 16.1. The van der Waals surface area contributed by atoms with Gasteiger partial charge in [-0.25, -0.2) is 4.98 Å². The van der Waals surface area contributed by atoms with E-state index in [2.05, 4.69) is 27.5 Å². The van der Waals surface area contributed by atoms with Gasteiger partial charge in [-0.15, -0.1) is 0 Å². The summed E-state index contributed by atoms with van der Waals surface area (Å²) < 4.78 is 0. The first-order valence-electron chi connectivity index (χ1n) is 7.11. The quantitative estimate of drug-likeness (QED) is 0.856. The Kier molecular flexibility index (Phi) is 5.26. The Hall–Kier alpha value is -2.43. The van der Waals surface area contributed by atoms with Crippen LogP contribution in [0.1, 0.15) is 42.4 Å². The van der Waals surface area contributed by atoms with Gasteiger partial charge >= 0.3 is 0 Å². The molecule has 2 aromatic heterocycles. The average molecular weight is 284 g/mol. The molecule has 5 nitrogen and oxygen atoms in total. The van der Waals surface area contributed by atoms with Crippen LogP contribution < -0.4 is 10.6 Å². The Morgan fingerprint density at radius 2 is 2.00 bits per heavy atom. The van der Waals surface area contributed by atoms with E-state index in [1.807, 2.05) is 25.1 Å². The third kappa shape index (κ3) is 4.27. The van der Waals surface area contributed by atoms with Crippen molar-refractivity contribution in [1.29, 1.82) is 0 Å². The van der Waals surface area contributed by atoms with Crippen LogP contribution in [0.25, 0.3) is 0 Å². The second-order valence-corrected chi connectivity index (χ2v) is 4.83. The van der Waals surface area contributed by atoms with Crippen LogP contribution in [-0.2, 0) is 0 Å². The van der Waals surface area contributed by atoms with Crippen LogP contribution in [0.4, 0.5) is 5.69 Å². The van der Waals surface area contributed by atoms with Gasteiger partial charge in [-0.05, 0) is 43.2 Å². The van der Waals surface area contributed by atoms with Crippen molar-refractivity contribution >= 4 is 11.6 Å². The molecule has 1 atom stereocenters. The van der Waals surface area contributed by atoms with Gasteiger partial charge in [-0.1, -0.05) is 6.92 Å². The Morgan fingerprint density at radius 1 is 1.24 bits per heavy atom. The number of nitrogens with one attached hydrogen (secondary N) is 2. The van der Waals surface area contributed by atoms with Crippen molar-refractivity contribution < 1.29 is 4.79 Å². The molecule has 0 saturated carbocycles. The molecule has 0 bridgehead atoms. The maximum atomic E-state index is 12.1. The summed E-state index contributed by atoms with van der Waals surface area (Å²) in [6.45, 7) is 4.93. The summed E-state index contributed by atoms with van der Waals surface area (Å²) in [6.07, 6.45) is 6.15. The molecule has 1 amide bonds. The first-order chi connectivity index (χ1) is 10.2. The van der Waals surface area contributed by atoms with E-state index in [4.69, 9.17) is 0 Å². The van der Waals surface area contributed by atoms with Gasteiger partial charge in [0.2, 0.25) is 0 Å². The molecule has 2 aromatic rings. The van der Waals surface area contributed by atoms with Crippen molar-refractivity contribution in [2.24, 2.45) is 0 Å². The van der Waals surface area contributed by atoms with Gasteiger partial charge in [0.1, 0.15) is 5.69 Å². The first-order valence-corrected chi connectivity index (χ1v) is 7.11. The lowest BCUT2D eigenvalue weighted by molar-refractivity contribution is 0.0935. The summed E-state index contributed by atoms with van der Waals surface area (Å²) in [5, 5.41) is 6.15. The molecule has 2 heterocycles. The van der Waals surface area contributed by atoms with Crippen molar-refractivity contribution in [3.63, 3.8) is 0 Å². The molecule has 0 fully saturated rings. The largest absolute Gasteiger partial charge is 0.384 e. The smallest absolute Gasteiger partial charge is 0.270 e. The summed E-state index contributed by atoms with van der Waals surface area (Å²) >= 11 is 0. The maximum absolute atomic E-state index is 12.1. The normalized spacial score (nSPS) is 11.7. The number of rotatable bonds is 6. The monoisotopic (exact) mass is 284 g/mol. The maximum Gasteiger partial charge on any atom is 0.270 e. The number of hydrogen-bond donors (Lipinski definition) is 2. The number of hydrogen-bond acceptors (Lipinski definition) is 4. The molecule has 0 aliphatic rings. The molecule has 2 rings (SSSR count). The Morgan fingerprint density at radius 3 is 2.62 bits per heavy atom. The average Bonchev–Trinajstić information content (AvgIpc) is 2.54. The second kappa shape index (κ2) is 7.38. The third-order valence-electron chi connectivity index (χ3n) is 3.13. The third-order valence-corrected chi connectivity index (χ3v) is 3.13. The van der Waals surface area contributed by atoms with Crippen LogP contribution in [0, 0.1) is 0 Å². The summed E-state index contributed by atoms with van der Waals surface area (Å²) in [5.41, 5.74) is 2.35. The van der Waals surface area contributed by atoms with Crippen molar-refractivity contribution in [3.8, 4) is 0 Å². The lowest BCUT2D eigenvalue weighted by atomic mass is 10.1. The van der Waals surface area contributed by atoms with Crippen LogP contribution in [0.15, 0.2) is 42.9 Å². The predicted octanol–water partition coefficient (Wildman–Crippen LogP) is 2.79. The molecule has 0 radical (unpaired) electrons. The SMILES string of the molecule is CCCNc1ccc(C(=O)NC(C)c2ccncc2)nc1. The molecular formula is C16H20N4O. The van der Waals surface area contributed by atoms with Crippen molar-refractivity contribution in [1.82, 2.24) is 15.3 Å². The zero-order chi connectivity index (χ0) is 15.1. The van der Waals surface area contributed by atoms with E-state index in [-0.39, 0.29) is 11.9 Å². The van der Waals surface area contributed by atoms with Gasteiger partial charge in [0.05, 0.1) is 17.9 Å². The van der Waals surface area contributed by atoms with E-state index in [1.54, 1.807) is 24.7 Å². The first kappa shape index (κ1) is 15.0. The van der Waals surface area contributed by atoms with E-state index in [0.29, 0.717) is 5.69 Å². The molecule has 5 heteroatoms. The highest BCUT2D eigenvalue weighted by Crippen LogP contribution is 2.12. The minimum absolute atomic E-state index is 0.0832.